The zero-order valence-electron chi connectivity index (χ0n) is 20.2. The van der Waals surface area contributed by atoms with Gasteiger partial charge in [-0.25, -0.2) is 13.7 Å². The van der Waals surface area contributed by atoms with Crippen molar-refractivity contribution >= 4 is 38.1 Å². The molecule has 1 saturated heterocycles. The molecule has 0 bridgehead atoms. The Balaban J connectivity index is 1.35. The fraction of sp³-hybridized carbons (Fsp3) is 0.545. The summed E-state index contributed by atoms with van der Waals surface area (Å²) < 4.78 is 40.4. The number of aromatic nitrogens is 2. The Morgan fingerprint density at radius 2 is 1.76 bits per heavy atom. The number of anilines is 1. The standard InChI is InChI=1S/C22H30ClN3O10P2/c23-15-6-8-16(9-7-15)37(30,31)36-38(32,33)34-13-17-19(27)20(28)21(35-17)26-11-10-18(25-22(26)29)24-12-14-4-2-1-3-5-14/h6-11,14,17,19-21,27-28H,1-5,12-13H2,(H,30,31)(H,32,33)(H,24,25,29)/t17-,19?,20+,21-/m1/s1. The molecule has 0 spiro atoms. The van der Waals surface area contributed by atoms with Gasteiger partial charge < -0.3 is 30.1 Å². The molecule has 2 fully saturated rings. The number of phosphoric acid groups is 1. The Bertz CT molecular complexity index is 1260. The lowest BCUT2D eigenvalue weighted by atomic mass is 9.89. The molecule has 4 rings (SSSR count). The summed E-state index contributed by atoms with van der Waals surface area (Å²) >= 11 is 5.73. The monoisotopic (exact) mass is 593 g/mol. The fourth-order valence-corrected chi connectivity index (χ4v) is 7.12. The number of phosphoric ester groups is 1. The van der Waals surface area contributed by atoms with Crippen LogP contribution in [0.3, 0.4) is 0 Å². The number of ether oxygens (including phenoxy) is 1. The maximum absolute atomic E-state index is 12.6. The molecule has 2 aromatic rings. The number of aliphatic hydroxyl groups excluding tert-OH is 2. The van der Waals surface area contributed by atoms with Gasteiger partial charge >= 0.3 is 21.1 Å². The average molecular weight is 594 g/mol. The Kier molecular flexibility index (Phi) is 9.47. The normalized spacial score (nSPS) is 27.5. The molecule has 0 amide bonds. The number of nitrogens with one attached hydrogen (secondary N) is 1. The van der Waals surface area contributed by atoms with Crippen LogP contribution in [0.25, 0.3) is 0 Å². The molecule has 6 atom stereocenters. The summed E-state index contributed by atoms with van der Waals surface area (Å²) in [5.74, 6) is 0.888. The Labute approximate surface area is 223 Å². The highest BCUT2D eigenvalue weighted by Crippen LogP contribution is 2.59. The van der Waals surface area contributed by atoms with Gasteiger partial charge in [0.05, 0.1) is 11.9 Å². The topological polar surface area (TPSA) is 190 Å². The summed E-state index contributed by atoms with van der Waals surface area (Å²) in [5.41, 5.74) is -0.739. The molecule has 5 N–H and O–H groups in total. The number of hydrogen-bond donors (Lipinski definition) is 5. The molecular formula is C22H30ClN3O10P2. The van der Waals surface area contributed by atoms with Crippen molar-refractivity contribution < 1.29 is 42.7 Å². The van der Waals surface area contributed by atoms with E-state index in [1.807, 2.05) is 0 Å². The first-order chi connectivity index (χ1) is 17.9. The molecule has 1 aliphatic heterocycles. The van der Waals surface area contributed by atoms with Gasteiger partial charge in [-0.15, -0.1) is 0 Å². The van der Waals surface area contributed by atoms with Gasteiger partial charge in [-0.3, -0.25) is 13.7 Å². The molecule has 1 aromatic carbocycles. The highest BCUT2D eigenvalue weighted by molar-refractivity contribution is 7.69. The third-order valence-corrected chi connectivity index (χ3v) is 9.90. The van der Waals surface area contributed by atoms with Gasteiger partial charge in [0.15, 0.2) is 6.23 Å². The van der Waals surface area contributed by atoms with Crippen molar-refractivity contribution in [3.05, 3.63) is 52.0 Å². The lowest BCUT2D eigenvalue weighted by Gasteiger charge is -2.22. The number of nitrogens with zero attached hydrogens (tertiary/aromatic N) is 2. The summed E-state index contributed by atoms with van der Waals surface area (Å²) in [6.07, 6.45) is 1.26. The first-order valence-electron chi connectivity index (χ1n) is 12.1. The smallest absolute Gasteiger partial charge is 0.387 e. The van der Waals surface area contributed by atoms with Gasteiger partial charge in [0, 0.05) is 17.8 Å². The van der Waals surface area contributed by atoms with Crippen molar-refractivity contribution in [3.8, 4) is 0 Å². The molecule has 210 valence electrons. The Morgan fingerprint density at radius 1 is 1.08 bits per heavy atom. The van der Waals surface area contributed by atoms with Crippen LogP contribution < -0.4 is 16.3 Å². The van der Waals surface area contributed by atoms with Gasteiger partial charge in [0.25, 0.3) is 0 Å². The predicted octanol–water partition coefficient (Wildman–Crippen LogP) is 2.15. The van der Waals surface area contributed by atoms with Crippen LogP contribution in [0.4, 0.5) is 5.82 Å². The molecule has 0 radical (unpaired) electrons. The van der Waals surface area contributed by atoms with Crippen molar-refractivity contribution in [2.45, 2.75) is 56.6 Å². The van der Waals surface area contributed by atoms with Crippen molar-refractivity contribution in [1.29, 1.82) is 0 Å². The largest absolute Gasteiger partial charge is 0.479 e. The number of aliphatic hydroxyl groups is 2. The van der Waals surface area contributed by atoms with Crippen LogP contribution in [0.2, 0.25) is 5.02 Å². The second kappa shape index (κ2) is 12.3. The molecule has 3 unspecified atom stereocenters. The zero-order valence-corrected chi connectivity index (χ0v) is 22.8. The van der Waals surface area contributed by atoms with Crippen LogP contribution in [0.1, 0.15) is 38.3 Å². The summed E-state index contributed by atoms with van der Waals surface area (Å²) in [6.45, 7) is -0.106. The van der Waals surface area contributed by atoms with Gasteiger partial charge in [-0.2, -0.15) is 4.98 Å². The maximum atomic E-state index is 12.6. The van der Waals surface area contributed by atoms with Crippen molar-refractivity contribution in [1.82, 2.24) is 9.55 Å². The van der Waals surface area contributed by atoms with Crippen molar-refractivity contribution in [3.63, 3.8) is 0 Å². The van der Waals surface area contributed by atoms with Gasteiger partial charge in [-0.1, -0.05) is 30.9 Å². The summed E-state index contributed by atoms with van der Waals surface area (Å²) in [4.78, 5) is 36.6. The van der Waals surface area contributed by atoms with E-state index in [2.05, 4.69) is 14.6 Å². The van der Waals surface area contributed by atoms with Crippen molar-refractivity contribution in [2.24, 2.45) is 5.92 Å². The van der Waals surface area contributed by atoms with Crippen LogP contribution >= 0.6 is 27.0 Å². The van der Waals surface area contributed by atoms with Crippen LogP contribution in [0.15, 0.2) is 41.3 Å². The highest BCUT2D eigenvalue weighted by Gasteiger charge is 2.46. The summed E-state index contributed by atoms with van der Waals surface area (Å²) in [5, 5.41) is 23.9. The van der Waals surface area contributed by atoms with E-state index in [0.29, 0.717) is 18.3 Å². The van der Waals surface area contributed by atoms with Crippen molar-refractivity contribution in [2.75, 3.05) is 18.5 Å². The Hall–Kier alpha value is -1.63. The van der Waals surface area contributed by atoms with E-state index in [4.69, 9.17) is 20.9 Å². The average Bonchev–Trinajstić information content (AvgIpc) is 3.15. The third kappa shape index (κ3) is 7.31. The second-order valence-electron chi connectivity index (χ2n) is 9.28. The summed E-state index contributed by atoms with van der Waals surface area (Å²) in [6, 6.07) is 6.44. The van der Waals surface area contributed by atoms with Crippen LogP contribution in [0.5, 0.6) is 0 Å². The molecule has 2 heterocycles. The third-order valence-electron chi connectivity index (χ3n) is 6.51. The quantitative estimate of drug-likeness (QED) is 0.253. The number of benzene rings is 1. The van der Waals surface area contributed by atoms with E-state index in [9.17, 15) is 33.9 Å². The minimum Gasteiger partial charge on any atom is -0.387 e. The second-order valence-corrected chi connectivity index (χ2v) is 13.1. The SMILES string of the molecule is O=c1nc(NCC2CCCCC2)ccn1[C@@H]1O[C@H](COP(=O)(O)OP(=O)(O)c2ccc(Cl)cc2)C(O)[C@@H]1O. The minimum atomic E-state index is -5.13. The lowest BCUT2D eigenvalue weighted by molar-refractivity contribution is -0.0540. The van der Waals surface area contributed by atoms with Gasteiger partial charge in [-0.05, 0) is 49.1 Å². The zero-order chi connectivity index (χ0) is 27.5. The molecule has 1 aromatic heterocycles. The Morgan fingerprint density at radius 3 is 2.42 bits per heavy atom. The molecule has 16 heteroatoms. The number of halogens is 1. The summed E-state index contributed by atoms with van der Waals surface area (Å²) in [7, 11) is -9.90. The van der Waals surface area contributed by atoms with Gasteiger partial charge in [0.1, 0.15) is 24.1 Å². The first kappa shape index (κ1) is 29.4. The fourth-order valence-electron chi connectivity index (χ4n) is 4.45. The van der Waals surface area contributed by atoms with E-state index in [0.717, 1.165) is 29.5 Å². The molecule has 2 aliphatic rings. The molecule has 13 nitrogen and oxygen atoms in total. The van der Waals surface area contributed by atoms with E-state index in [1.165, 1.54) is 37.6 Å². The molecule has 38 heavy (non-hydrogen) atoms. The number of rotatable bonds is 10. The van der Waals surface area contributed by atoms with Crippen LogP contribution in [-0.2, 0) is 22.7 Å². The highest BCUT2D eigenvalue weighted by atomic mass is 35.5. The molecule has 1 saturated carbocycles. The lowest BCUT2D eigenvalue weighted by Crippen LogP contribution is -2.36. The van der Waals surface area contributed by atoms with E-state index < -0.39 is 52.3 Å². The van der Waals surface area contributed by atoms with Crippen LogP contribution in [0, 0.1) is 5.92 Å². The van der Waals surface area contributed by atoms with Crippen LogP contribution in [-0.4, -0.2) is 61.0 Å². The first-order valence-corrected chi connectivity index (χ1v) is 15.5. The number of hydrogen-bond acceptors (Lipinski definition) is 10. The van der Waals surface area contributed by atoms with E-state index >= 15 is 0 Å². The molecule has 1 aliphatic carbocycles. The van der Waals surface area contributed by atoms with E-state index in [1.54, 1.807) is 6.07 Å². The molecular weight excluding hydrogens is 564 g/mol. The minimum absolute atomic E-state index is 0.275. The predicted molar refractivity (Wildman–Crippen MR) is 137 cm³/mol. The van der Waals surface area contributed by atoms with Gasteiger partial charge in [0.2, 0.25) is 0 Å². The van der Waals surface area contributed by atoms with E-state index in [-0.39, 0.29) is 10.3 Å². The maximum Gasteiger partial charge on any atom is 0.479 e.